The van der Waals surface area contributed by atoms with E-state index in [1.165, 1.54) is 28.5 Å². The minimum atomic E-state index is -0.313. The summed E-state index contributed by atoms with van der Waals surface area (Å²) in [5.41, 5.74) is 3.25. The predicted octanol–water partition coefficient (Wildman–Crippen LogP) is 7.34. The molecule has 1 heterocycles. The lowest BCUT2D eigenvalue weighted by Crippen LogP contribution is -2.19. The SMILES string of the molecule is O=C(CSc1ccc(NC(=O)Nc2ccccc2)cc1)Nc1nc(-c2ccc3ccccc3c2)cs1. The van der Waals surface area contributed by atoms with Crippen molar-refractivity contribution in [3.8, 4) is 11.3 Å². The Bertz CT molecular complexity index is 1500. The zero-order chi connectivity index (χ0) is 24.7. The highest BCUT2D eigenvalue weighted by atomic mass is 32.2. The number of urea groups is 1. The van der Waals surface area contributed by atoms with Crippen LogP contribution in [0.3, 0.4) is 0 Å². The van der Waals surface area contributed by atoms with Crippen LogP contribution in [0.5, 0.6) is 0 Å². The summed E-state index contributed by atoms with van der Waals surface area (Å²) < 4.78 is 0. The van der Waals surface area contributed by atoms with E-state index >= 15 is 0 Å². The molecule has 0 aliphatic carbocycles. The molecule has 1 aromatic heterocycles. The fraction of sp³-hybridized carbons (Fsp3) is 0.0357. The maximum atomic E-state index is 12.5. The number of rotatable bonds is 7. The maximum Gasteiger partial charge on any atom is 0.323 e. The number of nitrogens with one attached hydrogen (secondary N) is 3. The van der Waals surface area contributed by atoms with Gasteiger partial charge in [-0.1, -0.05) is 54.6 Å². The molecule has 0 aliphatic rings. The molecule has 0 fully saturated rings. The average molecular weight is 511 g/mol. The second kappa shape index (κ2) is 11.1. The number of carbonyl (C=O) groups is 2. The van der Waals surface area contributed by atoms with E-state index in [2.05, 4.69) is 45.2 Å². The number of hydrogen-bond acceptors (Lipinski definition) is 5. The Morgan fingerprint density at radius 3 is 2.22 bits per heavy atom. The number of thiazole rings is 1. The van der Waals surface area contributed by atoms with Crippen molar-refractivity contribution < 1.29 is 9.59 Å². The van der Waals surface area contributed by atoms with Crippen LogP contribution in [0.15, 0.2) is 107 Å². The van der Waals surface area contributed by atoms with Crippen LogP contribution in [-0.4, -0.2) is 22.7 Å². The number of hydrogen-bond donors (Lipinski definition) is 3. The van der Waals surface area contributed by atoms with Crippen molar-refractivity contribution in [2.45, 2.75) is 4.90 Å². The number of amides is 3. The molecule has 0 unspecified atom stereocenters. The van der Waals surface area contributed by atoms with E-state index in [1.54, 1.807) is 0 Å². The first-order valence-electron chi connectivity index (χ1n) is 11.2. The second-order valence-electron chi connectivity index (χ2n) is 7.91. The van der Waals surface area contributed by atoms with E-state index in [-0.39, 0.29) is 17.7 Å². The summed E-state index contributed by atoms with van der Waals surface area (Å²) in [4.78, 5) is 30.1. The lowest BCUT2D eigenvalue weighted by molar-refractivity contribution is -0.113. The molecule has 5 rings (SSSR count). The van der Waals surface area contributed by atoms with Gasteiger partial charge in [-0.2, -0.15) is 0 Å². The molecule has 0 bridgehead atoms. The Labute approximate surface area is 216 Å². The van der Waals surface area contributed by atoms with Gasteiger partial charge in [0.05, 0.1) is 11.4 Å². The minimum Gasteiger partial charge on any atom is -0.308 e. The lowest BCUT2D eigenvalue weighted by atomic mass is 10.1. The molecule has 5 aromatic rings. The van der Waals surface area contributed by atoms with Crippen LogP contribution in [0.25, 0.3) is 22.0 Å². The Morgan fingerprint density at radius 1 is 0.750 bits per heavy atom. The average Bonchev–Trinajstić information content (AvgIpc) is 3.37. The molecular weight excluding hydrogens is 488 g/mol. The standard InChI is InChI=1S/C28H22N4O2S2/c33-26(32-28-31-25(17-36-28)21-11-10-19-6-4-5-7-20(19)16-21)18-35-24-14-12-23(13-15-24)30-27(34)29-22-8-2-1-3-9-22/h1-17H,18H2,(H2,29,30,34)(H,31,32,33). The smallest absolute Gasteiger partial charge is 0.308 e. The topological polar surface area (TPSA) is 83.1 Å². The fourth-order valence-corrected chi connectivity index (χ4v) is 5.00. The van der Waals surface area contributed by atoms with Crippen LogP contribution < -0.4 is 16.0 Å². The quantitative estimate of drug-likeness (QED) is 0.200. The number of anilines is 3. The monoisotopic (exact) mass is 510 g/mol. The molecule has 4 aromatic carbocycles. The predicted molar refractivity (Wildman–Crippen MR) is 150 cm³/mol. The van der Waals surface area contributed by atoms with Gasteiger partial charge in [0.2, 0.25) is 5.91 Å². The molecule has 3 amide bonds. The van der Waals surface area contributed by atoms with Crippen LogP contribution in [-0.2, 0) is 4.79 Å². The van der Waals surface area contributed by atoms with Crippen molar-refractivity contribution in [3.63, 3.8) is 0 Å². The number of para-hydroxylation sites is 1. The third kappa shape index (κ3) is 6.10. The van der Waals surface area contributed by atoms with Crippen molar-refractivity contribution in [1.82, 2.24) is 4.98 Å². The number of carbonyl (C=O) groups excluding carboxylic acids is 2. The number of nitrogens with zero attached hydrogens (tertiary/aromatic N) is 1. The van der Waals surface area contributed by atoms with E-state index in [9.17, 15) is 9.59 Å². The van der Waals surface area contributed by atoms with Crippen LogP contribution >= 0.6 is 23.1 Å². The number of benzene rings is 4. The largest absolute Gasteiger partial charge is 0.323 e. The first-order valence-corrected chi connectivity index (χ1v) is 13.1. The van der Waals surface area contributed by atoms with Gasteiger partial charge in [-0.3, -0.25) is 4.79 Å². The van der Waals surface area contributed by atoms with E-state index in [0.717, 1.165) is 27.2 Å². The van der Waals surface area contributed by atoms with Gasteiger partial charge in [-0.25, -0.2) is 9.78 Å². The Morgan fingerprint density at radius 2 is 1.44 bits per heavy atom. The third-order valence-electron chi connectivity index (χ3n) is 5.31. The van der Waals surface area contributed by atoms with E-state index in [0.29, 0.717) is 10.8 Å². The minimum absolute atomic E-state index is 0.121. The first-order chi connectivity index (χ1) is 17.6. The molecule has 0 spiro atoms. The highest BCUT2D eigenvalue weighted by Gasteiger charge is 2.10. The molecular formula is C28H22N4O2S2. The van der Waals surface area contributed by atoms with E-state index < -0.39 is 0 Å². The number of aromatic nitrogens is 1. The Kier molecular flexibility index (Phi) is 7.25. The summed E-state index contributed by atoms with van der Waals surface area (Å²) in [7, 11) is 0. The molecule has 0 saturated carbocycles. The molecule has 3 N–H and O–H groups in total. The van der Waals surface area contributed by atoms with Crippen LogP contribution in [0.1, 0.15) is 0 Å². The summed E-state index contributed by atoms with van der Waals surface area (Å²) in [6, 6.07) is 30.7. The zero-order valence-corrected chi connectivity index (χ0v) is 20.7. The summed E-state index contributed by atoms with van der Waals surface area (Å²) >= 11 is 2.83. The maximum absolute atomic E-state index is 12.5. The zero-order valence-electron chi connectivity index (χ0n) is 19.1. The van der Waals surface area contributed by atoms with Gasteiger partial charge in [-0.15, -0.1) is 23.1 Å². The van der Waals surface area contributed by atoms with Gasteiger partial charge in [0.1, 0.15) is 0 Å². The second-order valence-corrected chi connectivity index (χ2v) is 9.81. The molecule has 8 heteroatoms. The molecule has 0 atom stereocenters. The van der Waals surface area contributed by atoms with Crippen molar-refractivity contribution in [2.75, 3.05) is 21.7 Å². The summed E-state index contributed by atoms with van der Waals surface area (Å²) in [6.07, 6.45) is 0. The lowest BCUT2D eigenvalue weighted by Gasteiger charge is -2.08. The third-order valence-corrected chi connectivity index (χ3v) is 7.08. The van der Waals surface area contributed by atoms with Gasteiger partial charge >= 0.3 is 6.03 Å². The van der Waals surface area contributed by atoms with Crippen molar-refractivity contribution >= 4 is 62.3 Å². The highest BCUT2D eigenvalue weighted by molar-refractivity contribution is 8.00. The Balaban J connectivity index is 1.11. The summed E-state index contributed by atoms with van der Waals surface area (Å²) in [5, 5.41) is 13.3. The number of fused-ring (bicyclic) bond motifs is 1. The van der Waals surface area contributed by atoms with Crippen molar-refractivity contribution in [3.05, 3.63) is 102 Å². The Hall–Kier alpha value is -4.14. The van der Waals surface area contributed by atoms with E-state index in [1.807, 2.05) is 78.2 Å². The van der Waals surface area contributed by atoms with Crippen LogP contribution in [0.4, 0.5) is 21.3 Å². The molecule has 6 nitrogen and oxygen atoms in total. The normalized spacial score (nSPS) is 10.7. The molecule has 178 valence electrons. The first kappa shape index (κ1) is 23.6. The van der Waals surface area contributed by atoms with Gasteiger partial charge in [0.25, 0.3) is 0 Å². The molecule has 36 heavy (non-hydrogen) atoms. The van der Waals surface area contributed by atoms with E-state index in [4.69, 9.17) is 0 Å². The van der Waals surface area contributed by atoms with Crippen molar-refractivity contribution in [2.24, 2.45) is 0 Å². The van der Waals surface area contributed by atoms with Crippen molar-refractivity contribution in [1.29, 1.82) is 0 Å². The molecule has 0 radical (unpaired) electrons. The van der Waals surface area contributed by atoms with Gasteiger partial charge in [0, 0.05) is 27.2 Å². The van der Waals surface area contributed by atoms with Gasteiger partial charge in [-0.05, 0) is 53.2 Å². The van der Waals surface area contributed by atoms with Gasteiger partial charge < -0.3 is 16.0 Å². The van der Waals surface area contributed by atoms with Gasteiger partial charge in [0.15, 0.2) is 5.13 Å². The van der Waals surface area contributed by atoms with Crippen LogP contribution in [0, 0.1) is 0 Å². The summed E-state index contributed by atoms with van der Waals surface area (Å²) in [5.74, 6) is 0.135. The number of thioether (sulfide) groups is 1. The molecule has 0 saturated heterocycles. The van der Waals surface area contributed by atoms with Crippen LogP contribution in [0.2, 0.25) is 0 Å². The highest BCUT2D eigenvalue weighted by Crippen LogP contribution is 2.28. The molecule has 0 aliphatic heterocycles. The fourth-order valence-electron chi connectivity index (χ4n) is 3.57. The summed E-state index contributed by atoms with van der Waals surface area (Å²) in [6.45, 7) is 0.